The topological polar surface area (TPSA) is 44.4 Å². The van der Waals surface area contributed by atoms with Crippen LogP contribution in [0, 0.1) is 5.92 Å². The molecule has 2 N–H and O–H groups in total. The van der Waals surface area contributed by atoms with Crippen LogP contribution in [0.3, 0.4) is 0 Å². The van der Waals surface area contributed by atoms with E-state index in [-0.39, 0.29) is 11.8 Å². The summed E-state index contributed by atoms with van der Waals surface area (Å²) in [5, 5.41) is 6.28. The second-order valence-corrected chi connectivity index (χ2v) is 5.18. The first-order chi connectivity index (χ1) is 8.77. The Bertz CT molecular complexity index is 221. The lowest BCUT2D eigenvalue weighted by Gasteiger charge is -2.21. The van der Waals surface area contributed by atoms with Gasteiger partial charge in [-0.3, -0.25) is 4.79 Å². The Morgan fingerprint density at radius 2 is 2.00 bits per heavy atom. The maximum absolute atomic E-state index is 11.8. The molecule has 106 valence electrons. The first kappa shape index (κ1) is 15.4. The predicted molar refractivity (Wildman–Crippen MR) is 75.6 cm³/mol. The number of nitrogens with zero attached hydrogens (tertiary/aromatic N) is 1. The van der Waals surface area contributed by atoms with Gasteiger partial charge in [0.1, 0.15) is 0 Å². The van der Waals surface area contributed by atoms with Gasteiger partial charge in [0.05, 0.1) is 5.92 Å². The van der Waals surface area contributed by atoms with Crippen molar-refractivity contribution in [3.05, 3.63) is 0 Å². The zero-order valence-electron chi connectivity index (χ0n) is 12.0. The third-order valence-corrected chi connectivity index (χ3v) is 3.46. The van der Waals surface area contributed by atoms with E-state index in [2.05, 4.69) is 29.4 Å². The summed E-state index contributed by atoms with van der Waals surface area (Å²) in [7, 11) is 0. The van der Waals surface area contributed by atoms with E-state index in [1.54, 1.807) is 0 Å². The molecule has 18 heavy (non-hydrogen) atoms. The van der Waals surface area contributed by atoms with E-state index < -0.39 is 0 Å². The molecule has 0 aliphatic carbocycles. The Morgan fingerprint density at radius 3 is 2.56 bits per heavy atom. The van der Waals surface area contributed by atoms with Crippen LogP contribution in [0.1, 0.15) is 39.5 Å². The Morgan fingerprint density at radius 1 is 1.28 bits per heavy atom. The smallest absolute Gasteiger partial charge is 0.224 e. The fourth-order valence-electron chi connectivity index (χ4n) is 2.50. The van der Waals surface area contributed by atoms with E-state index in [0.717, 1.165) is 39.0 Å². The van der Waals surface area contributed by atoms with Gasteiger partial charge in [0.2, 0.25) is 5.91 Å². The van der Waals surface area contributed by atoms with Crippen LogP contribution in [0.2, 0.25) is 0 Å². The molecule has 1 rings (SSSR count). The third-order valence-electron chi connectivity index (χ3n) is 3.46. The van der Waals surface area contributed by atoms with Crippen molar-refractivity contribution >= 4 is 5.91 Å². The zero-order chi connectivity index (χ0) is 13.2. The first-order valence-electron chi connectivity index (χ1n) is 7.48. The quantitative estimate of drug-likeness (QED) is 0.609. The highest BCUT2D eigenvalue weighted by Crippen LogP contribution is 2.06. The van der Waals surface area contributed by atoms with Gasteiger partial charge in [-0.15, -0.1) is 0 Å². The van der Waals surface area contributed by atoms with Crippen molar-refractivity contribution in [2.75, 3.05) is 39.3 Å². The van der Waals surface area contributed by atoms with Crippen molar-refractivity contribution in [3.63, 3.8) is 0 Å². The minimum absolute atomic E-state index is 0.201. The molecule has 0 bridgehead atoms. The minimum Gasteiger partial charge on any atom is -0.356 e. The Balaban J connectivity index is 2.07. The second kappa shape index (κ2) is 9.34. The van der Waals surface area contributed by atoms with Crippen LogP contribution in [-0.2, 0) is 4.79 Å². The third kappa shape index (κ3) is 5.83. The van der Waals surface area contributed by atoms with E-state index in [1.807, 2.05) is 0 Å². The minimum atomic E-state index is 0.201. The van der Waals surface area contributed by atoms with Gasteiger partial charge >= 0.3 is 0 Å². The fourth-order valence-corrected chi connectivity index (χ4v) is 2.50. The van der Waals surface area contributed by atoms with E-state index in [4.69, 9.17) is 0 Å². The van der Waals surface area contributed by atoms with Crippen molar-refractivity contribution in [3.8, 4) is 0 Å². The van der Waals surface area contributed by atoms with Crippen LogP contribution in [-0.4, -0.2) is 50.1 Å². The van der Waals surface area contributed by atoms with Crippen molar-refractivity contribution in [1.82, 2.24) is 15.5 Å². The maximum Gasteiger partial charge on any atom is 0.224 e. The molecule has 1 aliphatic heterocycles. The number of carbonyl (C=O) groups is 1. The van der Waals surface area contributed by atoms with Crippen LogP contribution in [0.25, 0.3) is 0 Å². The summed E-state index contributed by atoms with van der Waals surface area (Å²) < 4.78 is 0. The first-order valence-corrected chi connectivity index (χ1v) is 7.48. The molecule has 4 heteroatoms. The van der Waals surface area contributed by atoms with Gasteiger partial charge in [0, 0.05) is 13.1 Å². The van der Waals surface area contributed by atoms with Crippen LogP contribution < -0.4 is 10.6 Å². The molecule has 0 aromatic carbocycles. The summed E-state index contributed by atoms with van der Waals surface area (Å²) in [5.41, 5.74) is 0. The van der Waals surface area contributed by atoms with Crippen molar-refractivity contribution in [2.45, 2.75) is 39.5 Å². The standard InChI is InChI=1S/C14H29N3O/c1-3-9-17(10-4-2)11-5-7-16-14(18)13-6-8-15-12-13/h13,15H,3-12H2,1-2H3,(H,16,18). The van der Waals surface area contributed by atoms with Crippen molar-refractivity contribution in [2.24, 2.45) is 5.92 Å². The maximum atomic E-state index is 11.8. The molecular weight excluding hydrogens is 226 g/mol. The number of hydrogen-bond donors (Lipinski definition) is 2. The molecule has 0 radical (unpaired) electrons. The van der Waals surface area contributed by atoms with Gasteiger partial charge in [-0.05, 0) is 51.9 Å². The van der Waals surface area contributed by atoms with Gasteiger partial charge in [-0.1, -0.05) is 13.8 Å². The summed E-state index contributed by atoms with van der Waals surface area (Å²) in [6.07, 6.45) is 4.47. The highest BCUT2D eigenvalue weighted by Gasteiger charge is 2.21. The van der Waals surface area contributed by atoms with Crippen molar-refractivity contribution < 1.29 is 4.79 Å². The van der Waals surface area contributed by atoms with Crippen molar-refractivity contribution in [1.29, 1.82) is 0 Å². The lowest BCUT2D eigenvalue weighted by Crippen LogP contribution is -2.34. The van der Waals surface area contributed by atoms with E-state index in [1.165, 1.54) is 25.9 Å². The molecular formula is C14H29N3O. The number of amides is 1. The molecule has 1 saturated heterocycles. The van der Waals surface area contributed by atoms with Gasteiger partial charge < -0.3 is 15.5 Å². The molecule has 1 aliphatic rings. The summed E-state index contributed by atoms with van der Waals surface area (Å²) in [4.78, 5) is 14.3. The molecule has 1 unspecified atom stereocenters. The highest BCUT2D eigenvalue weighted by atomic mass is 16.1. The molecule has 0 spiro atoms. The van der Waals surface area contributed by atoms with Gasteiger partial charge in [0.15, 0.2) is 0 Å². The molecule has 1 heterocycles. The Kier molecular flexibility index (Phi) is 8.01. The largest absolute Gasteiger partial charge is 0.356 e. The molecule has 1 fully saturated rings. The summed E-state index contributed by atoms with van der Waals surface area (Å²) >= 11 is 0. The Labute approximate surface area is 111 Å². The fraction of sp³-hybridized carbons (Fsp3) is 0.929. The normalized spacial score (nSPS) is 19.4. The molecule has 0 aromatic rings. The number of hydrogen-bond acceptors (Lipinski definition) is 3. The van der Waals surface area contributed by atoms with E-state index >= 15 is 0 Å². The van der Waals surface area contributed by atoms with Gasteiger partial charge in [0.25, 0.3) is 0 Å². The predicted octanol–water partition coefficient (Wildman–Crippen LogP) is 1.22. The summed E-state index contributed by atoms with van der Waals surface area (Å²) in [6, 6.07) is 0. The average Bonchev–Trinajstić information content (AvgIpc) is 2.88. The lowest BCUT2D eigenvalue weighted by atomic mass is 10.1. The number of carbonyl (C=O) groups excluding carboxylic acids is 1. The monoisotopic (exact) mass is 255 g/mol. The molecule has 0 aromatic heterocycles. The molecule has 4 nitrogen and oxygen atoms in total. The zero-order valence-corrected chi connectivity index (χ0v) is 12.0. The van der Waals surface area contributed by atoms with Gasteiger partial charge in [-0.25, -0.2) is 0 Å². The second-order valence-electron chi connectivity index (χ2n) is 5.18. The summed E-state index contributed by atoms with van der Waals surface area (Å²) in [6.45, 7) is 10.5. The SMILES string of the molecule is CCCN(CCC)CCCNC(=O)C1CCNC1. The van der Waals surface area contributed by atoms with Crippen LogP contribution in [0.15, 0.2) is 0 Å². The molecule has 1 atom stereocenters. The van der Waals surface area contributed by atoms with Gasteiger partial charge in [-0.2, -0.15) is 0 Å². The molecule has 0 saturated carbocycles. The van der Waals surface area contributed by atoms with E-state index in [0.29, 0.717) is 0 Å². The Hall–Kier alpha value is -0.610. The van der Waals surface area contributed by atoms with Crippen LogP contribution in [0.4, 0.5) is 0 Å². The van der Waals surface area contributed by atoms with Crippen LogP contribution >= 0.6 is 0 Å². The van der Waals surface area contributed by atoms with E-state index in [9.17, 15) is 4.79 Å². The lowest BCUT2D eigenvalue weighted by molar-refractivity contribution is -0.124. The highest BCUT2D eigenvalue weighted by molar-refractivity contribution is 5.79. The number of rotatable bonds is 9. The molecule has 1 amide bonds. The van der Waals surface area contributed by atoms with Crippen LogP contribution in [0.5, 0.6) is 0 Å². The summed E-state index contributed by atoms with van der Waals surface area (Å²) in [5.74, 6) is 0.435. The number of nitrogens with one attached hydrogen (secondary N) is 2. The average molecular weight is 255 g/mol.